The van der Waals surface area contributed by atoms with Gasteiger partial charge in [0.1, 0.15) is 13.1 Å². The van der Waals surface area contributed by atoms with E-state index in [1.54, 1.807) is 0 Å². The fourth-order valence-electron chi connectivity index (χ4n) is 2.02. The smallest absolute Gasteiger partial charge is 0.196 e. The second-order valence-electron chi connectivity index (χ2n) is 4.45. The Bertz CT molecular complexity index is 510. The highest BCUT2D eigenvalue weighted by atomic mass is 15.3. The maximum atomic E-state index is 4.35. The minimum absolute atomic E-state index is 0.449. The maximum Gasteiger partial charge on any atom is 0.546 e. The van der Waals surface area contributed by atoms with Crippen LogP contribution < -0.4 is 15.0 Å². The van der Waals surface area contributed by atoms with Gasteiger partial charge in [-0.15, -0.1) is 0 Å². The number of fused-ring (bicyclic) bond motifs is 1. The lowest BCUT2D eigenvalue weighted by Gasteiger charge is -2.04. The van der Waals surface area contributed by atoms with Crippen molar-refractivity contribution in [2.45, 2.75) is 32.7 Å². The Kier molecular flexibility index (Phi) is 3.52. The molecule has 1 unspecified atom stereocenters. The second kappa shape index (κ2) is 5.08. The van der Waals surface area contributed by atoms with Crippen LogP contribution >= 0.6 is 0 Å². The molecule has 1 aromatic heterocycles. The molecule has 0 aliphatic heterocycles. The minimum Gasteiger partial charge on any atom is -0.196 e. The molecule has 0 fully saturated rings. The number of aromatic amines is 1. The van der Waals surface area contributed by atoms with Crippen LogP contribution in [0, 0.1) is 0 Å². The number of rotatable bonds is 4. The van der Waals surface area contributed by atoms with Crippen LogP contribution in [0.2, 0.25) is 0 Å². The molecule has 0 saturated carbocycles. The van der Waals surface area contributed by atoms with Crippen molar-refractivity contribution in [3.63, 3.8) is 0 Å². The quantitative estimate of drug-likeness (QED) is 0.811. The van der Waals surface area contributed by atoms with Gasteiger partial charge in [0.05, 0.1) is 0 Å². The third kappa shape index (κ3) is 2.52. The largest absolute Gasteiger partial charge is 0.546 e. The van der Waals surface area contributed by atoms with Crippen molar-refractivity contribution < 1.29 is 9.67 Å². The zero-order valence-electron chi connectivity index (χ0n) is 10.7. The van der Waals surface area contributed by atoms with Crippen molar-refractivity contribution >= 4 is 17.0 Å². The average molecular weight is 232 g/mol. The predicted molar refractivity (Wildman–Crippen MR) is 67.5 cm³/mol. The van der Waals surface area contributed by atoms with Crippen LogP contribution in [0.4, 0.5) is 5.95 Å². The lowest BCUT2D eigenvalue weighted by atomic mass is 10.2. The summed E-state index contributed by atoms with van der Waals surface area (Å²) < 4.78 is 2.11. The van der Waals surface area contributed by atoms with E-state index >= 15 is 0 Å². The molecule has 90 valence electrons. The van der Waals surface area contributed by atoms with Crippen molar-refractivity contribution in [1.82, 2.24) is 5.10 Å². The molecule has 0 spiro atoms. The van der Waals surface area contributed by atoms with Gasteiger partial charge < -0.3 is 0 Å². The number of H-pyrrole nitrogens is 1. The van der Waals surface area contributed by atoms with Crippen molar-refractivity contribution in [3.8, 4) is 0 Å². The molecule has 0 bridgehead atoms. The van der Waals surface area contributed by atoms with Gasteiger partial charge in [-0.2, -0.15) is 9.88 Å². The Balaban J connectivity index is 2.32. The fourth-order valence-corrected chi connectivity index (χ4v) is 2.02. The molecule has 0 aliphatic rings. The molecule has 1 heterocycles. The van der Waals surface area contributed by atoms with E-state index < -0.39 is 0 Å². The van der Waals surface area contributed by atoms with E-state index in [9.17, 15) is 0 Å². The second-order valence-corrected chi connectivity index (χ2v) is 4.45. The van der Waals surface area contributed by atoms with Crippen LogP contribution in [-0.2, 0) is 7.05 Å². The Morgan fingerprint density at radius 2 is 2.18 bits per heavy atom. The van der Waals surface area contributed by atoms with E-state index in [0.29, 0.717) is 6.04 Å². The summed E-state index contributed by atoms with van der Waals surface area (Å²) in [5.74, 6) is 0.949. The number of aryl methyl sites for hydroxylation is 1. The summed E-state index contributed by atoms with van der Waals surface area (Å²) in [6.45, 7) is 4.38. The van der Waals surface area contributed by atoms with Gasteiger partial charge in [0.25, 0.3) is 0 Å². The number of benzene rings is 1. The summed E-state index contributed by atoms with van der Waals surface area (Å²) in [5.41, 5.74) is 2.10. The minimum atomic E-state index is 0.449. The number of hydrogen-bond donors (Lipinski definition) is 1. The van der Waals surface area contributed by atoms with Gasteiger partial charge in [-0.3, -0.25) is 0 Å². The first-order valence-electron chi connectivity index (χ1n) is 6.15. The summed E-state index contributed by atoms with van der Waals surface area (Å²) in [5, 5.41) is 10.9. The third-order valence-electron chi connectivity index (χ3n) is 2.97. The number of nitrogens with one attached hydrogen (secondary N) is 2. The molecule has 0 radical (unpaired) electrons. The van der Waals surface area contributed by atoms with Gasteiger partial charge in [0.2, 0.25) is 0 Å². The van der Waals surface area contributed by atoms with Gasteiger partial charge in [-0.05, 0) is 30.6 Å². The van der Waals surface area contributed by atoms with Gasteiger partial charge >= 0.3 is 5.95 Å². The van der Waals surface area contributed by atoms with Gasteiger partial charge in [-0.25, -0.2) is 0 Å². The van der Waals surface area contributed by atoms with Crippen LogP contribution in [0.25, 0.3) is 11.0 Å². The van der Waals surface area contributed by atoms with Crippen LogP contribution in [0.1, 0.15) is 26.7 Å². The van der Waals surface area contributed by atoms with E-state index in [0.717, 1.165) is 23.4 Å². The number of hydrogen-bond acceptors (Lipinski definition) is 2. The van der Waals surface area contributed by atoms with Gasteiger partial charge in [0.15, 0.2) is 11.0 Å². The molecule has 4 heteroatoms. The Morgan fingerprint density at radius 1 is 1.41 bits per heavy atom. The number of para-hydroxylation sites is 2. The monoisotopic (exact) mass is 232 g/mol. The van der Waals surface area contributed by atoms with Crippen LogP contribution in [0.15, 0.2) is 24.3 Å². The maximum absolute atomic E-state index is 4.35. The summed E-state index contributed by atoms with van der Waals surface area (Å²) in [4.78, 5) is 0. The highest BCUT2D eigenvalue weighted by Gasteiger charge is 2.21. The first-order valence-corrected chi connectivity index (χ1v) is 6.15. The molecule has 0 amide bonds. The molecule has 17 heavy (non-hydrogen) atoms. The summed E-state index contributed by atoms with van der Waals surface area (Å²) in [7, 11) is 2.04. The third-order valence-corrected chi connectivity index (χ3v) is 2.97. The van der Waals surface area contributed by atoms with E-state index in [2.05, 4.69) is 40.0 Å². The van der Waals surface area contributed by atoms with E-state index in [-0.39, 0.29) is 0 Å². The lowest BCUT2D eigenvalue weighted by Crippen LogP contribution is -2.43. The van der Waals surface area contributed by atoms with Crippen molar-refractivity contribution in [1.29, 1.82) is 0 Å². The van der Waals surface area contributed by atoms with Crippen molar-refractivity contribution in [2.75, 3.05) is 5.32 Å². The SMILES string of the molecule is CCCC(C)Nc1[nH+]nc2ccccc2[n+]1C. The summed E-state index contributed by atoms with van der Waals surface area (Å²) >= 11 is 0. The molecule has 2 N–H and O–H groups in total. The van der Waals surface area contributed by atoms with Gasteiger partial charge in [-0.1, -0.05) is 30.6 Å². The van der Waals surface area contributed by atoms with Crippen LogP contribution in [-0.4, -0.2) is 11.1 Å². The van der Waals surface area contributed by atoms with E-state index in [4.69, 9.17) is 0 Å². The van der Waals surface area contributed by atoms with Crippen molar-refractivity contribution in [2.24, 2.45) is 7.05 Å². The number of aromatic nitrogens is 3. The molecule has 1 aromatic carbocycles. The molecule has 0 aliphatic carbocycles. The lowest BCUT2D eigenvalue weighted by molar-refractivity contribution is -0.693. The molecular formula is C13H20N4+2. The Morgan fingerprint density at radius 3 is 2.94 bits per heavy atom. The van der Waals surface area contributed by atoms with Gasteiger partial charge in [0, 0.05) is 0 Å². The first kappa shape index (κ1) is 11.8. The topological polar surface area (TPSA) is 42.9 Å². The molecular weight excluding hydrogens is 212 g/mol. The zero-order valence-corrected chi connectivity index (χ0v) is 10.7. The summed E-state index contributed by atoms with van der Waals surface area (Å²) in [6.07, 6.45) is 2.33. The first-order chi connectivity index (χ1) is 8.22. The molecule has 0 saturated heterocycles. The Labute approximate surface area is 102 Å². The highest BCUT2D eigenvalue weighted by molar-refractivity contribution is 5.69. The fraction of sp³-hybridized carbons (Fsp3) is 0.462. The van der Waals surface area contributed by atoms with Crippen LogP contribution in [0.5, 0.6) is 0 Å². The average Bonchev–Trinajstić information content (AvgIpc) is 2.33. The standard InChI is InChI=1S/C13H18N4/c1-4-7-10(2)14-13-16-15-11-8-5-6-9-12(11)17(13)3/h5-6,8-10H,4,7H2,1-3H3/p+2. The number of anilines is 1. The van der Waals surface area contributed by atoms with E-state index in [1.807, 2.05) is 25.2 Å². The molecule has 2 aromatic rings. The Hall–Kier alpha value is -1.71. The number of nitrogens with zero attached hydrogens (tertiary/aromatic N) is 2. The molecule has 2 rings (SSSR count). The zero-order chi connectivity index (χ0) is 12.3. The van der Waals surface area contributed by atoms with E-state index in [1.165, 1.54) is 6.42 Å². The normalized spacial score (nSPS) is 12.6. The molecule has 4 nitrogen and oxygen atoms in total. The molecule has 1 atom stereocenters. The summed E-state index contributed by atoms with van der Waals surface area (Å²) in [6, 6.07) is 8.56. The van der Waals surface area contributed by atoms with Crippen molar-refractivity contribution in [3.05, 3.63) is 24.3 Å². The highest BCUT2D eigenvalue weighted by Crippen LogP contribution is 2.06. The van der Waals surface area contributed by atoms with Crippen LogP contribution in [0.3, 0.4) is 0 Å². The predicted octanol–water partition coefficient (Wildman–Crippen LogP) is 1.47.